The van der Waals surface area contributed by atoms with Crippen molar-refractivity contribution in [3.63, 3.8) is 0 Å². The lowest BCUT2D eigenvalue weighted by molar-refractivity contribution is 0.295. The fourth-order valence-corrected chi connectivity index (χ4v) is 1.09. The van der Waals surface area contributed by atoms with E-state index in [1.54, 1.807) is 0 Å². The van der Waals surface area contributed by atoms with Crippen molar-refractivity contribution in [3.8, 4) is 23.0 Å². The third-order valence-electron chi connectivity index (χ3n) is 1.70. The predicted molar refractivity (Wildman–Crippen MR) is 44.9 cm³/mol. The van der Waals surface area contributed by atoms with Crippen LogP contribution in [-0.2, 0) is 0 Å². The molecule has 1 heterocycles. The highest BCUT2D eigenvalue weighted by atomic mass is 16.5. The molecule has 0 aromatic rings. The van der Waals surface area contributed by atoms with Crippen LogP contribution in [0.1, 0.15) is 0 Å². The Labute approximate surface area is 73.0 Å². The normalized spacial score (nSPS) is 10.5. The maximum absolute atomic E-state index is 10.9. The van der Waals surface area contributed by atoms with Crippen molar-refractivity contribution in [2.45, 2.75) is 0 Å². The summed E-state index contributed by atoms with van der Waals surface area (Å²) in [6.45, 7) is 0. The first-order valence-corrected chi connectivity index (χ1v) is 3.62. The first-order chi connectivity index (χ1) is 6.16. The van der Waals surface area contributed by atoms with E-state index in [0.29, 0.717) is 5.56 Å². The number of rotatable bonds is 0. The van der Waals surface area contributed by atoms with Gasteiger partial charge in [0.05, 0.1) is 0 Å². The van der Waals surface area contributed by atoms with E-state index < -0.39 is 5.95 Å². The lowest BCUT2D eigenvalue weighted by Crippen LogP contribution is -1.96. The van der Waals surface area contributed by atoms with E-state index in [2.05, 4.69) is 0 Å². The molecular formula is C9H6O4. The molecule has 0 bridgehead atoms. The Morgan fingerprint density at radius 3 is 2.69 bits per heavy atom. The molecule has 1 aliphatic carbocycles. The number of hydrogen-bond acceptors (Lipinski definition) is 4. The SMILES string of the molecule is O=c1ccc2cc(O)c(O)oc-2c1. The molecule has 0 spiro atoms. The van der Waals surface area contributed by atoms with E-state index in [0.717, 1.165) is 0 Å². The Morgan fingerprint density at radius 1 is 1.15 bits per heavy atom. The highest BCUT2D eigenvalue weighted by Gasteiger charge is 2.10. The first-order valence-electron chi connectivity index (χ1n) is 3.62. The third kappa shape index (κ3) is 1.22. The van der Waals surface area contributed by atoms with Crippen molar-refractivity contribution in [1.82, 2.24) is 0 Å². The van der Waals surface area contributed by atoms with Crippen LogP contribution in [0.3, 0.4) is 0 Å². The van der Waals surface area contributed by atoms with Gasteiger partial charge in [-0.15, -0.1) is 0 Å². The average Bonchev–Trinajstić information content (AvgIpc) is 2.08. The van der Waals surface area contributed by atoms with E-state index in [1.165, 1.54) is 24.3 Å². The van der Waals surface area contributed by atoms with Gasteiger partial charge in [-0.2, -0.15) is 0 Å². The van der Waals surface area contributed by atoms with Crippen LogP contribution in [0, 0.1) is 0 Å². The van der Waals surface area contributed by atoms with Crippen LogP contribution < -0.4 is 5.43 Å². The fourth-order valence-electron chi connectivity index (χ4n) is 1.09. The van der Waals surface area contributed by atoms with Gasteiger partial charge < -0.3 is 14.6 Å². The Bertz CT molecular complexity index is 472. The van der Waals surface area contributed by atoms with Gasteiger partial charge >= 0.3 is 5.95 Å². The summed E-state index contributed by atoms with van der Waals surface area (Å²) in [5.74, 6) is -0.674. The minimum atomic E-state index is -0.585. The molecule has 0 amide bonds. The fraction of sp³-hybridized carbons (Fsp3) is 0. The summed E-state index contributed by atoms with van der Waals surface area (Å²) in [5.41, 5.74) is 0.358. The van der Waals surface area contributed by atoms with Crippen LogP contribution >= 0.6 is 0 Å². The maximum atomic E-state index is 10.9. The van der Waals surface area contributed by atoms with Crippen LogP contribution in [0.4, 0.5) is 0 Å². The van der Waals surface area contributed by atoms with Gasteiger partial charge in [0.2, 0.25) is 0 Å². The smallest absolute Gasteiger partial charge is 0.326 e. The van der Waals surface area contributed by atoms with Crippen molar-refractivity contribution in [1.29, 1.82) is 0 Å². The summed E-state index contributed by atoms with van der Waals surface area (Å²) >= 11 is 0. The second-order valence-electron chi connectivity index (χ2n) is 2.64. The highest BCUT2D eigenvalue weighted by Crippen LogP contribution is 2.32. The van der Waals surface area contributed by atoms with E-state index in [4.69, 9.17) is 14.6 Å². The van der Waals surface area contributed by atoms with Gasteiger partial charge in [0, 0.05) is 11.6 Å². The van der Waals surface area contributed by atoms with Crippen molar-refractivity contribution in [2.75, 3.05) is 0 Å². The molecule has 2 aliphatic rings. The van der Waals surface area contributed by atoms with E-state index in [9.17, 15) is 4.79 Å². The summed E-state index contributed by atoms with van der Waals surface area (Å²) < 4.78 is 4.78. The summed E-state index contributed by atoms with van der Waals surface area (Å²) in [6.07, 6.45) is 0. The monoisotopic (exact) mass is 178 g/mol. The molecule has 0 radical (unpaired) electrons. The van der Waals surface area contributed by atoms with Gasteiger partial charge in [0.1, 0.15) is 5.76 Å². The molecule has 2 rings (SSSR count). The third-order valence-corrected chi connectivity index (χ3v) is 1.70. The van der Waals surface area contributed by atoms with Crippen LogP contribution in [0.25, 0.3) is 11.3 Å². The van der Waals surface area contributed by atoms with E-state index in [1.807, 2.05) is 0 Å². The molecule has 4 nitrogen and oxygen atoms in total. The maximum Gasteiger partial charge on any atom is 0.326 e. The Kier molecular flexibility index (Phi) is 1.48. The molecule has 0 unspecified atom stereocenters. The number of aromatic hydroxyl groups is 2. The lowest BCUT2D eigenvalue weighted by atomic mass is 10.1. The van der Waals surface area contributed by atoms with Crippen LogP contribution in [0.2, 0.25) is 0 Å². The zero-order valence-corrected chi connectivity index (χ0v) is 6.52. The van der Waals surface area contributed by atoms with Gasteiger partial charge in [-0.1, -0.05) is 0 Å². The van der Waals surface area contributed by atoms with Crippen LogP contribution in [-0.4, -0.2) is 10.2 Å². The van der Waals surface area contributed by atoms with E-state index >= 15 is 0 Å². The Balaban J connectivity index is 2.83. The molecule has 0 saturated carbocycles. The van der Waals surface area contributed by atoms with Gasteiger partial charge in [0.25, 0.3) is 0 Å². The predicted octanol–water partition coefficient (Wildman–Crippen LogP) is 1.16. The van der Waals surface area contributed by atoms with Gasteiger partial charge in [-0.25, -0.2) is 0 Å². The summed E-state index contributed by atoms with van der Waals surface area (Å²) in [6, 6.07) is 5.44. The molecule has 0 saturated heterocycles. The molecule has 0 fully saturated rings. The topological polar surface area (TPSA) is 70.7 Å². The first kappa shape index (κ1) is 7.67. The standard InChI is InChI=1S/C9H6O4/c10-6-2-1-5-3-7(11)9(12)13-8(5)4-6/h1-4,11-12H. The number of hydrogen-bond donors (Lipinski definition) is 2. The van der Waals surface area contributed by atoms with E-state index in [-0.39, 0.29) is 16.9 Å². The molecule has 0 aromatic carbocycles. The molecule has 0 atom stereocenters. The molecule has 13 heavy (non-hydrogen) atoms. The lowest BCUT2D eigenvalue weighted by Gasteiger charge is -2.04. The minimum absolute atomic E-state index is 0.207. The summed E-state index contributed by atoms with van der Waals surface area (Å²) in [5, 5.41) is 18.1. The second-order valence-corrected chi connectivity index (χ2v) is 2.64. The zero-order chi connectivity index (χ0) is 9.42. The molecule has 4 heteroatoms. The second kappa shape index (κ2) is 2.52. The summed E-state index contributed by atoms with van der Waals surface area (Å²) in [4.78, 5) is 10.9. The largest absolute Gasteiger partial charge is 0.502 e. The van der Waals surface area contributed by atoms with Crippen molar-refractivity contribution in [2.24, 2.45) is 0 Å². The molecule has 66 valence electrons. The van der Waals surface area contributed by atoms with Gasteiger partial charge in [0.15, 0.2) is 11.2 Å². The molecule has 2 N–H and O–H groups in total. The Morgan fingerprint density at radius 2 is 1.92 bits per heavy atom. The average molecular weight is 178 g/mol. The molecule has 1 aliphatic heterocycles. The highest BCUT2D eigenvalue weighted by molar-refractivity contribution is 5.61. The minimum Gasteiger partial charge on any atom is -0.502 e. The van der Waals surface area contributed by atoms with Crippen molar-refractivity contribution < 1.29 is 14.6 Å². The van der Waals surface area contributed by atoms with Crippen molar-refractivity contribution in [3.05, 3.63) is 34.5 Å². The molecule has 0 aromatic heterocycles. The number of fused-ring (bicyclic) bond motifs is 1. The Hall–Kier alpha value is -1.97. The van der Waals surface area contributed by atoms with Gasteiger partial charge in [-0.05, 0) is 18.2 Å². The molecular weight excluding hydrogens is 172 g/mol. The number of benzene rings is 1. The van der Waals surface area contributed by atoms with Crippen LogP contribution in [0.5, 0.6) is 11.7 Å². The quantitative estimate of drug-likeness (QED) is 0.634. The zero-order valence-electron chi connectivity index (χ0n) is 6.52. The van der Waals surface area contributed by atoms with Crippen molar-refractivity contribution >= 4 is 0 Å². The van der Waals surface area contributed by atoms with Crippen LogP contribution in [0.15, 0.2) is 33.5 Å². The van der Waals surface area contributed by atoms with Gasteiger partial charge in [-0.3, -0.25) is 4.79 Å². The summed E-state index contributed by atoms with van der Waals surface area (Å²) in [7, 11) is 0.